The molecule has 4 nitrogen and oxygen atoms in total. The molecule has 100 valence electrons. The maximum absolute atomic E-state index is 12.6. The van der Waals surface area contributed by atoms with Gasteiger partial charge in [-0.2, -0.15) is 0 Å². The molecule has 2 atom stereocenters. The molecule has 2 aliphatic rings. The van der Waals surface area contributed by atoms with Gasteiger partial charge in [-0.25, -0.2) is 0 Å². The normalized spacial score (nSPS) is 27.4. The molecule has 2 amide bonds. The molecule has 0 spiro atoms. The minimum absolute atomic E-state index is 0.0531. The van der Waals surface area contributed by atoms with Gasteiger partial charge in [0, 0.05) is 0 Å². The zero-order valence-electron chi connectivity index (χ0n) is 10.6. The van der Waals surface area contributed by atoms with E-state index in [0.29, 0.717) is 10.7 Å². The maximum atomic E-state index is 12.6. The zero-order chi connectivity index (χ0) is 13.6. The predicted octanol–water partition coefficient (Wildman–Crippen LogP) is 1.97. The number of benzene rings is 1. The van der Waals surface area contributed by atoms with Crippen molar-refractivity contribution in [2.24, 2.45) is 5.92 Å². The summed E-state index contributed by atoms with van der Waals surface area (Å²) in [6, 6.07) is 6.22. The van der Waals surface area contributed by atoms with Gasteiger partial charge in [-0.05, 0) is 37.8 Å². The van der Waals surface area contributed by atoms with Gasteiger partial charge in [-0.15, -0.1) is 0 Å². The highest BCUT2D eigenvalue weighted by atomic mass is 35.5. The second-order valence-corrected chi connectivity index (χ2v) is 5.57. The van der Waals surface area contributed by atoms with Crippen LogP contribution in [-0.4, -0.2) is 23.9 Å². The summed E-state index contributed by atoms with van der Waals surface area (Å²) in [5, 5.41) is 3.32. The standard InChI is InChI=1S/C14H15ClN2O2/c1-8-13(18)16-12(9-6-7-9)14(19)17(8)11-5-3-2-4-10(11)15/h2-5,8-9,12H,6-7H2,1H3,(H,16,18). The lowest BCUT2D eigenvalue weighted by molar-refractivity contribution is -0.133. The Morgan fingerprint density at radius 1 is 1.26 bits per heavy atom. The Bertz CT molecular complexity index is 542. The molecule has 1 N–H and O–H groups in total. The molecule has 5 heteroatoms. The minimum Gasteiger partial charge on any atom is -0.342 e. The van der Waals surface area contributed by atoms with Crippen LogP contribution in [0.15, 0.2) is 24.3 Å². The third-order valence-electron chi connectivity index (χ3n) is 3.77. The van der Waals surface area contributed by atoms with Crippen molar-refractivity contribution in [2.45, 2.75) is 31.8 Å². The van der Waals surface area contributed by atoms with E-state index in [4.69, 9.17) is 11.6 Å². The Balaban J connectivity index is 1.99. The lowest BCUT2D eigenvalue weighted by Gasteiger charge is -2.37. The average Bonchev–Trinajstić information content (AvgIpc) is 3.20. The quantitative estimate of drug-likeness (QED) is 0.899. The van der Waals surface area contributed by atoms with E-state index >= 15 is 0 Å². The van der Waals surface area contributed by atoms with Gasteiger partial charge >= 0.3 is 0 Å². The minimum atomic E-state index is -0.526. The number of nitrogens with zero attached hydrogens (tertiary/aromatic N) is 1. The molecule has 0 bridgehead atoms. The SMILES string of the molecule is CC1C(=O)NC(C2CC2)C(=O)N1c1ccccc1Cl. The number of carbonyl (C=O) groups is 2. The van der Waals surface area contributed by atoms with E-state index in [0.717, 1.165) is 12.8 Å². The van der Waals surface area contributed by atoms with Crippen LogP contribution in [0.25, 0.3) is 0 Å². The topological polar surface area (TPSA) is 49.4 Å². The van der Waals surface area contributed by atoms with Crippen LogP contribution in [-0.2, 0) is 9.59 Å². The third kappa shape index (κ3) is 2.10. The smallest absolute Gasteiger partial charge is 0.250 e. The molecule has 1 aliphatic heterocycles. The molecule has 0 radical (unpaired) electrons. The Hall–Kier alpha value is -1.55. The molecule has 1 aromatic carbocycles. The molecular formula is C14H15ClN2O2. The molecule has 2 unspecified atom stereocenters. The van der Waals surface area contributed by atoms with Crippen LogP contribution in [0.1, 0.15) is 19.8 Å². The summed E-state index contributed by atoms with van der Waals surface area (Å²) >= 11 is 6.15. The Labute approximate surface area is 116 Å². The fourth-order valence-electron chi connectivity index (χ4n) is 2.52. The van der Waals surface area contributed by atoms with Gasteiger partial charge in [-0.3, -0.25) is 14.5 Å². The van der Waals surface area contributed by atoms with Crippen LogP contribution >= 0.6 is 11.6 Å². The molecule has 0 aromatic heterocycles. The van der Waals surface area contributed by atoms with Crippen molar-refractivity contribution >= 4 is 29.1 Å². The van der Waals surface area contributed by atoms with Crippen LogP contribution in [0.5, 0.6) is 0 Å². The van der Waals surface area contributed by atoms with Crippen molar-refractivity contribution in [2.75, 3.05) is 4.90 Å². The number of carbonyl (C=O) groups excluding carboxylic acids is 2. The Morgan fingerprint density at radius 3 is 2.58 bits per heavy atom. The van der Waals surface area contributed by atoms with E-state index in [9.17, 15) is 9.59 Å². The lowest BCUT2D eigenvalue weighted by Crippen LogP contribution is -2.63. The van der Waals surface area contributed by atoms with Gasteiger partial charge in [0.15, 0.2) is 0 Å². The van der Waals surface area contributed by atoms with Gasteiger partial charge in [0.2, 0.25) is 5.91 Å². The van der Waals surface area contributed by atoms with Crippen LogP contribution in [0.2, 0.25) is 5.02 Å². The molecule has 1 saturated carbocycles. The molecule has 1 aromatic rings. The first-order chi connectivity index (χ1) is 9.09. The van der Waals surface area contributed by atoms with Crippen molar-refractivity contribution in [3.8, 4) is 0 Å². The van der Waals surface area contributed by atoms with E-state index in [1.54, 1.807) is 19.1 Å². The molecule has 1 saturated heterocycles. The van der Waals surface area contributed by atoms with E-state index in [2.05, 4.69) is 5.32 Å². The number of hydrogen-bond acceptors (Lipinski definition) is 2. The highest BCUT2D eigenvalue weighted by Crippen LogP contribution is 2.37. The van der Waals surface area contributed by atoms with Gasteiger partial charge in [0.05, 0.1) is 10.7 Å². The number of halogens is 1. The van der Waals surface area contributed by atoms with Gasteiger partial charge < -0.3 is 5.32 Å². The summed E-state index contributed by atoms with van der Waals surface area (Å²) in [6.45, 7) is 1.72. The van der Waals surface area contributed by atoms with E-state index < -0.39 is 6.04 Å². The number of anilines is 1. The number of piperazine rings is 1. The van der Waals surface area contributed by atoms with Crippen LogP contribution < -0.4 is 10.2 Å². The Morgan fingerprint density at radius 2 is 1.95 bits per heavy atom. The number of hydrogen-bond donors (Lipinski definition) is 1. The summed E-state index contributed by atoms with van der Waals surface area (Å²) in [5.41, 5.74) is 0.613. The van der Waals surface area contributed by atoms with E-state index in [1.807, 2.05) is 12.1 Å². The van der Waals surface area contributed by atoms with Crippen molar-refractivity contribution in [1.29, 1.82) is 0 Å². The van der Waals surface area contributed by atoms with Crippen molar-refractivity contribution in [3.63, 3.8) is 0 Å². The number of nitrogens with one attached hydrogen (secondary N) is 1. The number of para-hydroxylation sites is 1. The second kappa shape index (κ2) is 4.53. The number of rotatable bonds is 2. The van der Waals surface area contributed by atoms with Crippen LogP contribution in [0.3, 0.4) is 0 Å². The fourth-order valence-corrected chi connectivity index (χ4v) is 2.74. The molecule has 2 fully saturated rings. The molecule has 3 rings (SSSR count). The lowest BCUT2D eigenvalue weighted by atomic mass is 10.0. The van der Waals surface area contributed by atoms with E-state index in [1.165, 1.54) is 4.90 Å². The molecule has 1 aliphatic carbocycles. The zero-order valence-corrected chi connectivity index (χ0v) is 11.4. The predicted molar refractivity (Wildman–Crippen MR) is 73.1 cm³/mol. The first-order valence-electron chi connectivity index (χ1n) is 6.47. The largest absolute Gasteiger partial charge is 0.342 e. The van der Waals surface area contributed by atoms with Gasteiger partial charge in [0.25, 0.3) is 5.91 Å². The third-order valence-corrected chi connectivity index (χ3v) is 4.09. The van der Waals surface area contributed by atoms with Gasteiger partial charge in [-0.1, -0.05) is 23.7 Å². The summed E-state index contributed by atoms with van der Waals surface area (Å²) in [7, 11) is 0. The second-order valence-electron chi connectivity index (χ2n) is 5.16. The average molecular weight is 279 g/mol. The highest BCUT2D eigenvalue weighted by Gasteiger charge is 2.46. The fraction of sp³-hybridized carbons (Fsp3) is 0.429. The maximum Gasteiger partial charge on any atom is 0.250 e. The van der Waals surface area contributed by atoms with Crippen molar-refractivity contribution < 1.29 is 9.59 Å². The number of amides is 2. The molecule has 19 heavy (non-hydrogen) atoms. The van der Waals surface area contributed by atoms with Crippen molar-refractivity contribution in [3.05, 3.63) is 29.3 Å². The monoisotopic (exact) mass is 278 g/mol. The summed E-state index contributed by atoms with van der Waals surface area (Å²) < 4.78 is 0. The Kier molecular flexibility index (Phi) is 2.97. The van der Waals surface area contributed by atoms with Gasteiger partial charge in [0.1, 0.15) is 12.1 Å². The summed E-state index contributed by atoms with van der Waals surface area (Å²) in [4.78, 5) is 26.1. The summed E-state index contributed by atoms with van der Waals surface area (Å²) in [6.07, 6.45) is 2.00. The molecular weight excluding hydrogens is 264 g/mol. The first kappa shape index (κ1) is 12.5. The van der Waals surface area contributed by atoms with Crippen LogP contribution in [0.4, 0.5) is 5.69 Å². The molecule has 1 heterocycles. The summed E-state index contributed by atoms with van der Waals surface area (Å²) in [5.74, 6) is 0.119. The van der Waals surface area contributed by atoms with Crippen LogP contribution in [0, 0.1) is 5.92 Å². The highest BCUT2D eigenvalue weighted by molar-refractivity contribution is 6.34. The van der Waals surface area contributed by atoms with E-state index in [-0.39, 0.29) is 23.8 Å². The first-order valence-corrected chi connectivity index (χ1v) is 6.85. The van der Waals surface area contributed by atoms with Crippen molar-refractivity contribution in [1.82, 2.24) is 5.32 Å².